The van der Waals surface area contributed by atoms with Crippen molar-refractivity contribution in [1.29, 1.82) is 0 Å². The Morgan fingerprint density at radius 1 is 1.09 bits per heavy atom. The first-order valence-electron chi connectivity index (χ1n) is 10.6. The van der Waals surface area contributed by atoms with Crippen LogP contribution in [0.2, 0.25) is 0 Å². The minimum absolute atomic E-state index is 0.0192. The molecule has 0 saturated heterocycles. The molecule has 0 bridgehead atoms. The van der Waals surface area contributed by atoms with Crippen molar-refractivity contribution in [2.45, 2.75) is 39.3 Å². The number of thioether (sulfide) groups is 1. The van der Waals surface area contributed by atoms with Crippen LogP contribution in [-0.2, 0) is 9.59 Å². The highest BCUT2D eigenvalue weighted by molar-refractivity contribution is 7.99. The summed E-state index contributed by atoms with van der Waals surface area (Å²) >= 11 is 1.32. The van der Waals surface area contributed by atoms with Gasteiger partial charge in [0.1, 0.15) is 6.33 Å². The lowest BCUT2D eigenvalue weighted by Crippen LogP contribution is -2.39. The molecule has 0 atom stereocenters. The minimum atomic E-state index is -0.204. The molecule has 0 radical (unpaired) electrons. The summed E-state index contributed by atoms with van der Waals surface area (Å²) in [4.78, 5) is 27.1. The number of hydrogen-bond donors (Lipinski definition) is 1. The largest absolute Gasteiger partial charge is 0.333 e. The molecule has 0 aliphatic heterocycles. The van der Waals surface area contributed by atoms with Crippen molar-refractivity contribution in [3.05, 3.63) is 65.5 Å². The Bertz CT molecular complexity index is 1100. The maximum absolute atomic E-state index is 12.9. The fourth-order valence-corrected chi connectivity index (χ4v) is 4.24. The number of nitrogens with zero attached hydrogens (tertiary/aromatic N) is 4. The first-order valence-corrected chi connectivity index (χ1v) is 11.6. The Morgan fingerprint density at radius 3 is 2.59 bits per heavy atom. The van der Waals surface area contributed by atoms with Gasteiger partial charge in [0.15, 0.2) is 5.16 Å². The maximum atomic E-state index is 12.9. The third-order valence-electron chi connectivity index (χ3n) is 5.05. The van der Waals surface area contributed by atoms with E-state index in [0.717, 1.165) is 28.9 Å². The Kier molecular flexibility index (Phi) is 8.05. The number of carbonyl (C=O) groups excluding carboxylic acids is 2. The Morgan fingerprint density at radius 2 is 1.88 bits per heavy atom. The van der Waals surface area contributed by atoms with Gasteiger partial charge in [-0.3, -0.25) is 14.2 Å². The van der Waals surface area contributed by atoms with Gasteiger partial charge in [-0.25, -0.2) is 0 Å². The molecule has 2 aromatic carbocycles. The van der Waals surface area contributed by atoms with Gasteiger partial charge in [-0.2, -0.15) is 0 Å². The fourth-order valence-electron chi connectivity index (χ4n) is 3.42. The average molecular weight is 452 g/mol. The molecule has 0 fully saturated rings. The molecule has 3 rings (SSSR count). The molecule has 0 saturated carbocycles. The first kappa shape index (κ1) is 23.5. The van der Waals surface area contributed by atoms with Gasteiger partial charge in [0.25, 0.3) is 0 Å². The molecule has 168 valence electrons. The minimum Gasteiger partial charge on any atom is -0.333 e. The molecule has 0 aliphatic carbocycles. The summed E-state index contributed by atoms with van der Waals surface area (Å²) in [6.45, 7) is 8.55. The van der Waals surface area contributed by atoms with E-state index in [1.54, 1.807) is 11.2 Å². The molecule has 1 aromatic heterocycles. The lowest BCUT2D eigenvalue weighted by Gasteiger charge is -2.21. The zero-order valence-corrected chi connectivity index (χ0v) is 19.8. The number of rotatable bonds is 9. The SMILES string of the molecule is CCCN(CC(=O)Nc1ccccc1C)C(=O)CSc1nncn1-c1ccc(C)cc1C. The quantitative estimate of drug-likeness (QED) is 0.494. The summed E-state index contributed by atoms with van der Waals surface area (Å²) in [5.74, 6) is -0.127. The highest BCUT2D eigenvalue weighted by atomic mass is 32.2. The second-order valence-electron chi connectivity index (χ2n) is 7.74. The van der Waals surface area contributed by atoms with Crippen LogP contribution in [0.3, 0.4) is 0 Å². The molecule has 0 spiro atoms. The van der Waals surface area contributed by atoms with Crippen molar-refractivity contribution in [3.63, 3.8) is 0 Å². The van der Waals surface area contributed by atoms with Crippen molar-refractivity contribution in [2.75, 3.05) is 24.2 Å². The maximum Gasteiger partial charge on any atom is 0.244 e. The lowest BCUT2D eigenvalue weighted by atomic mass is 10.1. The highest BCUT2D eigenvalue weighted by Gasteiger charge is 2.19. The van der Waals surface area contributed by atoms with E-state index in [4.69, 9.17) is 0 Å². The van der Waals surface area contributed by atoms with Gasteiger partial charge in [-0.05, 0) is 50.5 Å². The summed E-state index contributed by atoms with van der Waals surface area (Å²) in [6.07, 6.45) is 2.43. The third-order valence-corrected chi connectivity index (χ3v) is 5.98. The number of anilines is 1. The molecule has 8 heteroatoms. The van der Waals surface area contributed by atoms with E-state index in [9.17, 15) is 9.59 Å². The molecule has 7 nitrogen and oxygen atoms in total. The van der Waals surface area contributed by atoms with Crippen LogP contribution in [-0.4, -0.2) is 50.3 Å². The van der Waals surface area contributed by atoms with E-state index in [-0.39, 0.29) is 24.1 Å². The smallest absolute Gasteiger partial charge is 0.244 e. The van der Waals surface area contributed by atoms with Gasteiger partial charge in [0.05, 0.1) is 18.0 Å². The molecular weight excluding hydrogens is 422 g/mol. The van der Waals surface area contributed by atoms with Gasteiger partial charge in [-0.1, -0.05) is 54.6 Å². The molecule has 1 heterocycles. The topological polar surface area (TPSA) is 80.1 Å². The molecule has 0 aliphatic rings. The molecule has 3 aromatic rings. The molecular formula is C24H29N5O2S. The van der Waals surface area contributed by atoms with Crippen LogP contribution in [0.4, 0.5) is 5.69 Å². The third kappa shape index (κ3) is 5.97. The van der Waals surface area contributed by atoms with E-state index >= 15 is 0 Å². The van der Waals surface area contributed by atoms with E-state index < -0.39 is 0 Å². The average Bonchev–Trinajstić information content (AvgIpc) is 3.21. The fraction of sp³-hybridized carbons (Fsp3) is 0.333. The summed E-state index contributed by atoms with van der Waals surface area (Å²) in [5.41, 5.74) is 5.02. The van der Waals surface area contributed by atoms with Gasteiger partial charge < -0.3 is 10.2 Å². The number of para-hydroxylation sites is 1. The lowest BCUT2D eigenvalue weighted by molar-refractivity contribution is -0.132. The zero-order chi connectivity index (χ0) is 23.1. The number of amides is 2. The molecule has 1 N–H and O–H groups in total. The monoisotopic (exact) mass is 451 g/mol. The van der Waals surface area contributed by atoms with Crippen LogP contribution >= 0.6 is 11.8 Å². The van der Waals surface area contributed by atoms with Crippen molar-refractivity contribution in [2.24, 2.45) is 0 Å². The highest BCUT2D eigenvalue weighted by Crippen LogP contribution is 2.23. The van der Waals surface area contributed by atoms with Gasteiger partial charge in [-0.15, -0.1) is 10.2 Å². The van der Waals surface area contributed by atoms with Crippen molar-refractivity contribution in [1.82, 2.24) is 19.7 Å². The van der Waals surface area contributed by atoms with E-state index in [1.807, 2.05) is 61.7 Å². The Hall–Kier alpha value is -3.13. The van der Waals surface area contributed by atoms with Crippen LogP contribution in [0.5, 0.6) is 0 Å². The van der Waals surface area contributed by atoms with Crippen LogP contribution < -0.4 is 5.32 Å². The van der Waals surface area contributed by atoms with Crippen molar-refractivity contribution in [3.8, 4) is 5.69 Å². The number of nitrogens with one attached hydrogen (secondary N) is 1. The predicted molar refractivity (Wildman–Crippen MR) is 128 cm³/mol. The number of aromatic nitrogens is 3. The standard InChI is InChI=1S/C24H29N5O2S/c1-5-12-28(14-22(30)26-20-9-7-6-8-18(20)3)23(31)15-32-24-27-25-16-29(24)21-11-10-17(2)13-19(21)4/h6-11,13,16H,5,12,14-15H2,1-4H3,(H,26,30). The van der Waals surface area contributed by atoms with E-state index in [1.165, 1.54) is 17.3 Å². The normalized spacial score (nSPS) is 10.8. The molecule has 0 unspecified atom stereocenters. The van der Waals surface area contributed by atoms with Crippen LogP contribution in [0.1, 0.15) is 30.0 Å². The van der Waals surface area contributed by atoms with Gasteiger partial charge >= 0.3 is 0 Å². The summed E-state index contributed by atoms with van der Waals surface area (Å²) in [7, 11) is 0. The molecule has 2 amide bonds. The number of benzene rings is 2. The first-order chi connectivity index (χ1) is 15.4. The summed E-state index contributed by atoms with van der Waals surface area (Å²) < 4.78 is 1.89. The number of hydrogen-bond acceptors (Lipinski definition) is 5. The molecule has 32 heavy (non-hydrogen) atoms. The Labute approximate surface area is 193 Å². The summed E-state index contributed by atoms with van der Waals surface area (Å²) in [5, 5.41) is 11.8. The second-order valence-corrected chi connectivity index (χ2v) is 8.68. The van der Waals surface area contributed by atoms with Crippen LogP contribution in [0.15, 0.2) is 53.9 Å². The zero-order valence-electron chi connectivity index (χ0n) is 19.0. The van der Waals surface area contributed by atoms with Crippen LogP contribution in [0, 0.1) is 20.8 Å². The summed E-state index contributed by atoms with van der Waals surface area (Å²) in [6, 6.07) is 13.8. The number of aryl methyl sites for hydroxylation is 3. The second kappa shape index (κ2) is 10.9. The predicted octanol–water partition coefficient (Wildman–Crippen LogP) is 4.16. The Balaban J connectivity index is 1.64. The van der Waals surface area contributed by atoms with E-state index in [0.29, 0.717) is 11.7 Å². The van der Waals surface area contributed by atoms with Crippen LogP contribution in [0.25, 0.3) is 5.69 Å². The van der Waals surface area contributed by atoms with E-state index in [2.05, 4.69) is 28.5 Å². The van der Waals surface area contributed by atoms with Crippen molar-refractivity contribution < 1.29 is 9.59 Å². The van der Waals surface area contributed by atoms with Gasteiger partial charge in [0.2, 0.25) is 11.8 Å². The van der Waals surface area contributed by atoms with Gasteiger partial charge in [0, 0.05) is 12.2 Å². The van der Waals surface area contributed by atoms with Crippen molar-refractivity contribution >= 4 is 29.3 Å². The number of carbonyl (C=O) groups is 2.